The summed E-state index contributed by atoms with van der Waals surface area (Å²) in [5.74, 6) is -4.94. The Bertz CT molecular complexity index is 1170. The van der Waals surface area contributed by atoms with E-state index in [1.54, 1.807) is 6.08 Å². The zero-order valence-electron chi connectivity index (χ0n) is 20.3. The van der Waals surface area contributed by atoms with Crippen molar-refractivity contribution in [2.75, 3.05) is 6.61 Å². The first kappa shape index (κ1) is 23.6. The highest BCUT2D eigenvalue weighted by molar-refractivity contribution is 6.46. The van der Waals surface area contributed by atoms with Crippen molar-refractivity contribution in [3.05, 3.63) is 42.0 Å². The molecule has 0 unspecified atom stereocenters. The molecule has 36 heavy (non-hydrogen) atoms. The third-order valence-electron chi connectivity index (χ3n) is 9.62. The third-order valence-corrected chi connectivity index (χ3v) is 9.62. The predicted molar refractivity (Wildman–Crippen MR) is 125 cm³/mol. The fourth-order valence-corrected chi connectivity index (χ4v) is 8.23. The highest BCUT2D eigenvalue weighted by atomic mass is 16.6. The molecule has 3 aliphatic carbocycles. The normalized spacial score (nSPS) is 42.5. The Balaban J connectivity index is 1.42. The van der Waals surface area contributed by atoms with Gasteiger partial charge in [-0.05, 0) is 48.7 Å². The van der Waals surface area contributed by atoms with Gasteiger partial charge in [0.05, 0.1) is 12.5 Å². The van der Waals surface area contributed by atoms with E-state index in [2.05, 4.69) is 13.8 Å². The van der Waals surface area contributed by atoms with Crippen LogP contribution < -0.4 is 0 Å². The van der Waals surface area contributed by atoms with E-state index in [4.69, 9.17) is 14.2 Å². The first-order valence-electron chi connectivity index (χ1n) is 12.7. The van der Waals surface area contributed by atoms with Crippen LogP contribution in [0.5, 0.6) is 0 Å². The Kier molecular flexibility index (Phi) is 5.12. The summed E-state index contributed by atoms with van der Waals surface area (Å²) in [6.45, 7) is 4.22. The number of ether oxygens (including phenoxy) is 3. The molecule has 2 spiro atoms. The minimum absolute atomic E-state index is 0.118. The zero-order valence-corrected chi connectivity index (χ0v) is 20.3. The van der Waals surface area contributed by atoms with Gasteiger partial charge in [0.1, 0.15) is 12.2 Å². The van der Waals surface area contributed by atoms with Gasteiger partial charge < -0.3 is 19.3 Å². The molecule has 2 bridgehead atoms. The Morgan fingerprint density at radius 3 is 2.61 bits per heavy atom. The summed E-state index contributed by atoms with van der Waals surface area (Å²) >= 11 is 0. The Morgan fingerprint density at radius 2 is 1.86 bits per heavy atom. The van der Waals surface area contributed by atoms with E-state index < -0.39 is 70.6 Å². The summed E-state index contributed by atoms with van der Waals surface area (Å²) in [7, 11) is 0. The largest absolute Gasteiger partial charge is 0.461 e. The first-order chi connectivity index (χ1) is 17.1. The molecule has 0 aromatic heterocycles. The number of carbonyl (C=O) groups is 4. The van der Waals surface area contributed by atoms with Crippen LogP contribution in [0.4, 0.5) is 0 Å². The van der Waals surface area contributed by atoms with Gasteiger partial charge in [-0.25, -0.2) is 4.79 Å². The van der Waals surface area contributed by atoms with Gasteiger partial charge in [-0.3, -0.25) is 14.4 Å². The smallest absolute Gasteiger partial charge is 0.331 e. The SMILES string of the molecule is CC1(C)CC[C@@H]2OC(=O)[C@]34C(=O)C(=O)[C@H](CC[C@H]3[C@]23CO[C@@H](O)[C@H]13)[C@H]4OC(=O)/C=C/c1ccccc1. The van der Waals surface area contributed by atoms with Gasteiger partial charge in [0.25, 0.3) is 0 Å². The van der Waals surface area contributed by atoms with E-state index in [-0.39, 0.29) is 12.0 Å². The van der Waals surface area contributed by atoms with Crippen LogP contribution in [0.15, 0.2) is 36.4 Å². The van der Waals surface area contributed by atoms with Crippen molar-refractivity contribution in [1.29, 1.82) is 0 Å². The number of Topliss-reactive ketones (excluding diaryl/α,β-unsaturated/α-hetero) is 2. The number of benzene rings is 1. The lowest BCUT2D eigenvalue weighted by molar-refractivity contribution is -0.251. The lowest BCUT2D eigenvalue weighted by atomic mass is 9.43. The van der Waals surface area contributed by atoms with E-state index in [0.717, 1.165) is 12.0 Å². The average Bonchev–Trinajstić information content (AvgIpc) is 3.27. The standard InChI is InChI=1S/C28H30O8/c1-26(2)13-12-18-27(14-34-24(32)21(26)27)17-10-9-16-20(30)22(31)28(17,25(33)35-18)23(16)36-19(29)11-8-15-6-4-3-5-7-15/h3-8,11,16-18,21,23-24,32H,9-10,12-14H2,1-2H3/b11-8+/t16-,17-,18-,21+,23+,24+,27+,28-/m0/s1. The van der Waals surface area contributed by atoms with E-state index in [0.29, 0.717) is 19.3 Å². The highest BCUT2D eigenvalue weighted by Gasteiger charge is 2.82. The van der Waals surface area contributed by atoms with E-state index in [9.17, 15) is 24.3 Å². The van der Waals surface area contributed by atoms with Crippen LogP contribution in [0.2, 0.25) is 0 Å². The molecule has 3 saturated carbocycles. The number of ketones is 2. The van der Waals surface area contributed by atoms with Gasteiger partial charge in [-0.15, -0.1) is 0 Å². The average molecular weight is 495 g/mol. The number of rotatable bonds is 3. The molecule has 2 heterocycles. The summed E-state index contributed by atoms with van der Waals surface area (Å²) in [4.78, 5) is 53.4. The predicted octanol–water partition coefficient (Wildman–Crippen LogP) is 2.47. The van der Waals surface area contributed by atoms with Crippen molar-refractivity contribution in [2.24, 2.45) is 34.0 Å². The van der Waals surface area contributed by atoms with Crippen LogP contribution in [0.3, 0.4) is 0 Å². The third kappa shape index (κ3) is 2.88. The van der Waals surface area contributed by atoms with Crippen LogP contribution in [-0.2, 0) is 33.4 Å². The zero-order chi connectivity index (χ0) is 25.5. The Hall–Kier alpha value is -2.84. The summed E-state index contributed by atoms with van der Waals surface area (Å²) in [6.07, 6.45) is 2.02. The molecule has 6 rings (SSSR count). The maximum Gasteiger partial charge on any atom is 0.331 e. The van der Waals surface area contributed by atoms with Gasteiger partial charge in [-0.2, -0.15) is 0 Å². The van der Waals surface area contributed by atoms with E-state index in [1.165, 1.54) is 6.08 Å². The minimum atomic E-state index is -1.91. The second kappa shape index (κ2) is 7.83. The van der Waals surface area contributed by atoms with Gasteiger partial charge >= 0.3 is 11.9 Å². The molecule has 8 heteroatoms. The van der Waals surface area contributed by atoms with Gasteiger partial charge in [-0.1, -0.05) is 44.2 Å². The van der Waals surface area contributed by atoms with Crippen LogP contribution in [-0.4, -0.2) is 53.7 Å². The lowest BCUT2D eigenvalue weighted by Gasteiger charge is -2.62. The topological polar surface area (TPSA) is 116 Å². The molecule has 1 N–H and O–H groups in total. The van der Waals surface area contributed by atoms with Crippen molar-refractivity contribution in [2.45, 2.75) is 58.0 Å². The molecular formula is C28H30O8. The second-order valence-corrected chi connectivity index (χ2v) is 11.6. The molecular weight excluding hydrogens is 464 g/mol. The van der Waals surface area contributed by atoms with Crippen molar-refractivity contribution in [3.8, 4) is 0 Å². The van der Waals surface area contributed by atoms with Crippen molar-refractivity contribution in [3.63, 3.8) is 0 Å². The molecule has 2 saturated heterocycles. The maximum atomic E-state index is 13.7. The number of fused-ring (bicyclic) bond motifs is 1. The highest BCUT2D eigenvalue weighted by Crippen LogP contribution is 2.70. The van der Waals surface area contributed by atoms with Crippen LogP contribution in [0.1, 0.15) is 45.1 Å². The van der Waals surface area contributed by atoms with Crippen molar-refractivity contribution >= 4 is 29.6 Å². The van der Waals surface area contributed by atoms with Crippen LogP contribution in [0.25, 0.3) is 6.08 Å². The molecule has 1 aromatic rings. The van der Waals surface area contributed by atoms with Gasteiger partial charge in [0.15, 0.2) is 11.7 Å². The number of aliphatic hydroxyl groups excluding tert-OH is 1. The molecule has 5 aliphatic rings. The number of carbonyl (C=O) groups excluding carboxylic acids is 4. The fourth-order valence-electron chi connectivity index (χ4n) is 8.23. The minimum Gasteiger partial charge on any atom is -0.461 e. The Labute approximate surface area is 209 Å². The number of hydrogen-bond acceptors (Lipinski definition) is 8. The van der Waals surface area contributed by atoms with Crippen molar-refractivity contribution < 1.29 is 38.5 Å². The van der Waals surface area contributed by atoms with Crippen molar-refractivity contribution in [1.82, 2.24) is 0 Å². The first-order valence-corrected chi connectivity index (χ1v) is 12.7. The van der Waals surface area contributed by atoms with E-state index in [1.807, 2.05) is 30.3 Å². The number of esters is 2. The monoisotopic (exact) mass is 494 g/mol. The molecule has 0 radical (unpaired) electrons. The van der Waals surface area contributed by atoms with Gasteiger partial charge in [0, 0.05) is 17.4 Å². The molecule has 1 aromatic carbocycles. The quantitative estimate of drug-likeness (QED) is 0.295. The number of hydrogen-bond donors (Lipinski definition) is 1. The maximum absolute atomic E-state index is 13.7. The van der Waals surface area contributed by atoms with Gasteiger partial charge in [0.2, 0.25) is 11.6 Å². The second-order valence-electron chi connectivity index (χ2n) is 11.6. The summed E-state index contributed by atoms with van der Waals surface area (Å²) in [6, 6.07) is 9.17. The Morgan fingerprint density at radius 1 is 1.11 bits per heavy atom. The van der Waals surface area contributed by atoms with E-state index >= 15 is 0 Å². The summed E-state index contributed by atoms with van der Waals surface area (Å²) in [5, 5.41) is 10.9. The summed E-state index contributed by atoms with van der Waals surface area (Å²) in [5.41, 5.74) is -2.31. The molecule has 5 fully saturated rings. The van der Waals surface area contributed by atoms with Crippen LogP contribution >= 0.6 is 0 Å². The number of aliphatic hydroxyl groups is 1. The molecule has 8 nitrogen and oxygen atoms in total. The molecule has 8 atom stereocenters. The van der Waals surface area contributed by atoms with Crippen LogP contribution in [0, 0.1) is 34.0 Å². The summed E-state index contributed by atoms with van der Waals surface area (Å²) < 4.78 is 17.6. The lowest BCUT2D eigenvalue weighted by Crippen LogP contribution is -2.71. The molecule has 0 amide bonds. The molecule has 190 valence electrons. The fraction of sp³-hybridized carbons (Fsp3) is 0.571. The molecule has 2 aliphatic heterocycles.